The number of carbonyl (C=O) groups excluding carboxylic acids is 1. The maximum absolute atomic E-state index is 12.9. The summed E-state index contributed by atoms with van der Waals surface area (Å²) in [5.74, 6) is 0.461. The van der Waals surface area contributed by atoms with Crippen molar-refractivity contribution in [3.05, 3.63) is 58.7 Å². The molecule has 1 aliphatic heterocycles. The number of rotatable bonds is 4. The number of fused-ring (bicyclic) bond motifs is 1. The molecule has 0 spiro atoms. The van der Waals surface area contributed by atoms with Crippen LogP contribution in [0.4, 0.5) is 31.1 Å². The van der Waals surface area contributed by atoms with Crippen molar-refractivity contribution in [2.75, 3.05) is 0 Å². The van der Waals surface area contributed by atoms with Crippen LogP contribution in [0.15, 0.2) is 36.4 Å². The molecule has 3 rings (SSSR count). The number of hydrogen-bond donors (Lipinski definition) is 3. The summed E-state index contributed by atoms with van der Waals surface area (Å²) >= 11 is 0. The number of ether oxygens (including phenoxy) is 2. The lowest BCUT2D eigenvalue weighted by atomic mass is 10.1. The van der Waals surface area contributed by atoms with E-state index in [1.807, 2.05) is 0 Å². The van der Waals surface area contributed by atoms with E-state index in [-0.39, 0.29) is 23.8 Å². The molecule has 1 heterocycles. The zero-order valence-corrected chi connectivity index (χ0v) is 14.9. The van der Waals surface area contributed by atoms with E-state index >= 15 is 0 Å². The van der Waals surface area contributed by atoms with Gasteiger partial charge < -0.3 is 14.8 Å². The molecule has 3 N–H and O–H groups in total. The molecular formula is C18H14F6N2O4. The summed E-state index contributed by atoms with van der Waals surface area (Å²) in [7, 11) is 0. The number of nitrogens with one attached hydrogen (secondary N) is 2. The molecule has 1 aliphatic rings. The molecule has 12 heteroatoms. The van der Waals surface area contributed by atoms with Gasteiger partial charge in [0.05, 0.1) is 11.1 Å². The van der Waals surface area contributed by atoms with Crippen molar-refractivity contribution in [2.45, 2.75) is 31.6 Å². The van der Waals surface area contributed by atoms with Crippen LogP contribution < -0.4 is 20.3 Å². The van der Waals surface area contributed by atoms with Crippen molar-refractivity contribution in [3.8, 4) is 11.5 Å². The Morgan fingerprint density at radius 3 is 2.27 bits per heavy atom. The van der Waals surface area contributed by atoms with Gasteiger partial charge >= 0.3 is 18.4 Å². The fraction of sp³-hybridized carbons (Fsp3) is 0.278. The third-order valence-electron chi connectivity index (χ3n) is 4.16. The fourth-order valence-corrected chi connectivity index (χ4v) is 2.83. The molecule has 2 aromatic rings. The first kappa shape index (κ1) is 21.6. The van der Waals surface area contributed by atoms with Gasteiger partial charge in [-0.05, 0) is 29.8 Å². The van der Waals surface area contributed by atoms with Gasteiger partial charge in [-0.1, -0.05) is 6.07 Å². The van der Waals surface area contributed by atoms with Crippen molar-refractivity contribution in [3.63, 3.8) is 0 Å². The third kappa shape index (κ3) is 5.06. The first-order valence-corrected chi connectivity index (χ1v) is 8.37. The van der Waals surface area contributed by atoms with Gasteiger partial charge in [-0.2, -0.15) is 26.3 Å². The Balaban J connectivity index is 1.74. The summed E-state index contributed by atoms with van der Waals surface area (Å²) in [4.78, 5) is 11.1. The number of urea groups is 1. The van der Waals surface area contributed by atoms with Crippen molar-refractivity contribution in [1.29, 1.82) is 0 Å². The van der Waals surface area contributed by atoms with Gasteiger partial charge in [0, 0.05) is 18.1 Å². The van der Waals surface area contributed by atoms with Gasteiger partial charge in [0.15, 0.2) is 6.23 Å². The van der Waals surface area contributed by atoms with E-state index in [1.165, 1.54) is 17.6 Å². The number of hydroxylamine groups is 1. The monoisotopic (exact) mass is 436 g/mol. The van der Waals surface area contributed by atoms with Crippen LogP contribution in [0.2, 0.25) is 0 Å². The highest BCUT2D eigenvalue weighted by molar-refractivity contribution is 5.72. The molecule has 1 unspecified atom stereocenters. The van der Waals surface area contributed by atoms with Crippen molar-refractivity contribution in [2.24, 2.45) is 0 Å². The Labute approximate surface area is 165 Å². The number of halogens is 6. The topological polar surface area (TPSA) is 79.8 Å². The molecule has 0 saturated heterocycles. The molecule has 2 amide bonds. The summed E-state index contributed by atoms with van der Waals surface area (Å²) in [6, 6.07) is 4.79. The highest BCUT2D eigenvalue weighted by Gasteiger charge is 2.37. The van der Waals surface area contributed by atoms with E-state index in [0.717, 1.165) is 0 Å². The van der Waals surface area contributed by atoms with Crippen LogP contribution in [0.3, 0.4) is 0 Å². The summed E-state index contributed by atoms with van der Waals surface area (Å²) < 4.78 is 88.3. The smallest absolute Gasteiger partial charge is 0.416 e. The Morgan fingerprint density at radius 2 is 1.70 bits per heavy atom. The van der Waals surface area contributed by atoms with Gasteiger partial charge in [0.1, 0.15) is 18.1 Å². The standard InChI is InChI=1S/C18H14F6N2O4/c19-17(20,21)11-3-9(4-12(6-11)18(22,23)24)8-29-13-2-1-10-5-15(25-16(27)26-28)30-14(10)7-13/h1-4,6-7,15,28H,5,8H2,(H2,25,26,27). The third-order valence-corrected chi connectivity index (χ3v) is 4.16. The molecule has 162 valence electrons. The lowest BCUT2D eigenvalue weighted by Crippen LogP contribution is -2.43. The van der Waals surface area contributed by atoms with Crippen molar-refractivity contribution < 1.29 is 45.8 Å². The van der Waals surface area contributed by atoms with E-state index in [9.17, 15) is 31.1 Å². The quantitative estimate of drug-likeness (QED) is 0.380. The summed E-state index contributed by atoms with van der Waals surface area (Å²) in [5, 5.41) is 10.8. The lowest BCUT2D eigenvalue weighted by molar-refractivity contribution is -0.143. The van der Waals surface area contributed by atoms with Crippen LogP contribution in [0, 0.1) is 0 Å². The van der Waals surface area contributed by atoms with Crippen LogP contribution >= 0.6 is 0 Å². The van der Waals surface area contributed by atoms with E-state index in [4.69, 9.17) is 14.7 Å². The van der Waals surface area contributed by atoms with Crippen molar-refractivity contribution >= 4 is 6.03 Å². The second-order valence-electron chi connectivity index (χ2n) is 6.37. The van der Waals surface area contributed by atoms with Gasteiger partial charge in [-0.3, -0.25) is 5.21 Å². The number of hydrogen-bond acceptors (Lipinski definition) is 4. The average Bonchev–Trinajstić information content (AvgIpc) is 3.06. The minimum atomic E-state index is -4.94. The maximum atomic E-state index is 12.9. The van der Waals surface area contributed by atoms with Gasteiger partial charge in [0.25, 0.3) is 0 Å². The molecule has 0 aliphatic carbocycles. The largest absolute Gasteiger partial charge is 0.489 e. The highest BCUT2D eigenvalue weighted by atomic mass is 19.4. The van der Waals surface area contributed by atoms with Gasteiger partial charge in [-0.25, -0.2) is 10.3 Å². The molecule has 0 bridgehead atoms. The van der Waals surface area contributed by atoms with E-state index in [2.05, 4.69) is 5.32 Å². The average molecular weight is 436 g/mol. The summed E-state index contributed by atoms with van der Waals surface area (Å²) in [5.41, 5.74) is -1.09. The molecule has 0 saturated carbocycles. The summed E-state index contributed by atoms with van der Waals surface area (Å²) in [6.07, 6.45) is -10.4. The molecule has 0 aromatic heterocycles. The summed E-state index contributed by atoms with van der Waals surface area (Å²) in [6.45, 7) is -0.541. The van der Waals surface area contributed by atoms with E-state index < -0.39 is 42.3 Å². The number of benzene rings is 2. The SMILES string of the molecule is O=C(NO)NC1Cc2ccc(OCc3cc(C(F)(F)F)cc(C(F)(F)F)c3)cc2O1. The Morgan fingerprint density at radius 1 is 1.07 bits per heavy atom. The van der Waals surface area contributed by atoms with Crippen LogP contribution in [-0.4, -0.2) is 17.5 Å². The Bertz CT molecular complexity index is 913. The molecule has 0 radical (unpaired) electrons. The minimum absolute atomic E-state index is 0.0441. The predicted molar refractivity (Wildman–Crippen MR) is 88.8 cm³/mol. The number of amides is 2. The normalized spacial score (nSPS) is 15.9. The molecule has 0 fully saturated rings. The molecule has 1 atom stereocenters. The first-order chi connectivity index (χ1) is 14.0. The second-order valence-corrected chi connectivity index (χ2v) is 6.37. The molecule has 2 aromatic carbocycles. The Hall–Kier alpha value is -3.15. The van der Waals surface area contributed by atoms with E-state index in [1.54, 1.807) is 6.07 Å². The maximum Gasteiger partial charge on any atom is 0.416 e. The molecule has 30 heavy (non-hydrogen) atoms. The van der Waals surface area contributed by atoms with E-state index in [0.29, 0.717) is 23.4 Å². The van der Waals surface area contributed by atoms with Gasteiger partial charge in [-0.15, -0.1) is 0 Å². The zero-order valence-electron chi connectivity index (χ0n) is 14.9. The zero-order chi connectivity index (χ0) is 22.1. The Kier molecular flexibility index (Phi) is 5.70. The van der Waals surface area contributed by atoms with Crippen LogP contribution in [0.5, 0.6) is 11.5 Å². The first-order valence-electron chi connectivity index (χ1n) is 8.37. The molecular weight excluding hydrogens is 422 g/mol. The number of alkyl halides is 6. The number of carbonyl (C=O) groups is 1. The van der Waals surface area contributed by atoms with Crippen molar-refractivity contribution in [1.82, 2.24) is 10.8 Å². The van der Waals surface area contributed by atoms with Crippen LogP contribution in [0.25, 0.3) is 0 Å². The second kappa shape index (κ2) is 7.94. The minimum Gasteiger partial charge on any atom is -0.489 e. The predicted octanol–water partition coefficient (Wildman–Crippen LogP) is 4.25. The highest BCUT2D eigenvalue weighted by Crippen LogP contribution is 2.37. The molecule has 6 nitrogen and oxygen atoms in total. The van der Waals surface area contributed by atoms with Crippen LogP contribution in [-0.2, 0) is 25.4 Å². The van der Waals surface area contributed by atoms with Crippen LogP contribution in [0.1, 0.15) is 22.3 Å². The lowest BCUT2D eigenvalue weighted by Gasteiger charge is -2.15. The van der Waals surface area contributed by atoms with Gasteiger partial charge in [0.2, 0.25) is 0 Å². The fourth-order valence-electron chi connectivity index (χ4n) is 2.83.